The third-order valence-corrected chi connectivity index (χ3v) is 2.64. The molecule has 0 heterocycles. The molecule has 2 N–H and O–H groups in total. The fourth-order valence-corrected chi connectivity index (χ4v) is 1.41. The predicted molar refractivity (Wildman–Crippen MR) is 57.9 cm³/mol. The molecule has 1 amide bonds. The first-order valence-corrected chi connectivity index (χ1v) is 5.41. The lowest BCUT2D eigenvalue weighted by molar-refractivity contribution is -0.130. The summed E-state index contributed by atoms with van der Waals surface area (Å²) in [6, 6.07) is 0. The molecule has 0 unspecified atom stereocenters. The van der Waals surface area contributed by atoms with Crippen molar-refractivity contribution in [3.8, 4) is 0 Å². The molecule has 0 aliphatic heterocycles. The summed E-state index contributed by atoms with van der Waals surface area (Å²) in [5.41, 5.74) is 5.60. The van der Waals surface area contributed by atoms with Crippen molar-refractivity contribution in [3.63, 3.8) is 0 Å². The topological polar surface area (TPSA) is 46.3 Å². The van der Waals surface area contributed by atoms with Gasteiger partial charge in [0.1, 0.15) is 0 Å². The fraction of sp³-hybridized carbons (Fsp3) is 0.909. The summed E-state index contributed by atoms with van der Waals surface area (Å²) in [5.74, 6) is 1.00. The molecule has 0 atom stereocenters. The van der Waals surface area contributed by atoms with E-state index in [1.54, 1.807) is 0 Å². The van der Waals surface area contributed by atoms with Crippen molar-refractivity contribution in [2.24, 2.45) is 11.7 Å². The van der Waals surface area contributed by atoms with E-state index in [-0.39, 0.29) is 11.4 Å². The predicted octanol–water partition coefficient (Wildman–Crippen LogP) is 1.37. The van der Waals surface area contributed by atoms with Crippen LogP contribution in [-0.2, 0) is 4.79 Å². The molecule has 0 saturated heterocycles. The Morgan fingerprint density at radius 2 is 2.07 bits per heavy atom. The smallest absolute Gasteiger partial charge is 0.222 e. The van der Waals surface area contributed by atoms with Gasteiger partial charge in [0.25, 0.3) is 0 Å². The zero-order chi connectivity index (χ0) is 10.8. The van der Waals surface area contributed by atoms with Crippen LogP contribution in [0.4, 0.5) is 0 Å². The number of hydrogen-bond donors (Lipinski definition) is 1. The first-order chi connectivity index (χ1) is 6.38. The highest BCUT2D eigenvalue weighted by Crippen LogP contribution is 2.29. The Bertz CT molecular complexity index is 204. The molecule has 1 aliphatic carbocycles. The van der Waals surface area contributed by atoms with Crippen LogP contribution in [0.2, 0.25) is 0 Å². The van der Waals surface area contributed by atoms with Crippen LogP contribution in [0.25, 0.3) is 0 Å². The van der Waals surface area contributed by atoms with Crippen molar-refractivity contribution in [3.05, 3.63) is 0 Å². The maximum atomic E-state index is 11.6. The van der Waals surface area contributed by atoms with Crippen molar-refractivity contribution in [1.29, 1.82) is 0 Å². The van der Waals surface area contributed by atoms with Gasteiger partial charge in [-0.2, -0.15) is 0 Å². The summed E-state index contributed by atoms with van der Waals surface area (Å²) in [4.78, 5) is 13.5. The molecule has 1 rings (SSSR count). The van der Waals surface area contributed by atoms with E-state index in [2.05, 4.69) is 0 Å². The third kappa shape index (κ3) is 4.61. The highest BCUT2D eigenvalue weighted by atomic mass is 16.2. The molecule has 3 nitrogen and oxygen atoms in total. The molecule has 0 aromatic carbocycles. The monoisotopic (exact) mass is 198 g/mol. The summed E-state index contributed by atoms with van der Waals surface area (Å²) >= 11 is 0. The summed E-state index contributed by atoms with van der Waals surface area (Å²) in [6.45, 7) is 4.85. The van der Waals surface area contributed by atoms with Crippen molar-refractivity contribution < 1.29 is 4.79 Å². The lowest BCUT2D eigenvalue weighted by Crippen LogP contribution is -2.35. The molecular formula is C11H22N2O. The Morgan fingerprint density at radius 1 is 1.50 bits per heavy atom. The van der Waals surface area contributed by atoms with Gasteiger partial charge in [-0.15, -0.1) is 0 Å². The van der Waals surface area contributed by atoms with Crippen LogP contribution in [0.15, 0.2) is 0 Å². The molecule has 0 radical (unpaired) electrons. The summed E-state index contributed by atoms with van der Waals surface area (Å²) in [7, 11) is 1.89. The lowest BCUT2D eigenvalue weighted by atomic mass is 10.00. The normalized spacial score (nSPS) is 16.9. The Hall–Kier alpha value is -0.570. The van der Waals surface area contributed by atoms with Gasteiger partial charge in [-0.3, -0.25) is 4.79 Å². The van der Waals surface area contributed by atoms with Crippen molar-refractivity contribution in [2.75, 3.05) is 13.6 Å². The van der Waals surface area contributed by atoms with Gasteiger partial charge >= 0.3 is 0 Å². The summed E-state index contributed by atoms with van der Waals surface area (Å²) in [5, 5.41) is 0. The van der Waals surface area contributed by atoms with E-state index in [1.165, 1.54) is 12.8 Å². The van der Waals surface area contributed by atoms with Gasteiger partial charge in [0.15, 0.2) is 0 Å². The van der Waals surface area contributed by atoms with Crippen LogP contribution in [0.3, 0.4) is 0 Å². The van der Waals surface area contributed by atoms with E-state index >= 15 is 0 Å². The van der Waals surface area contributed by atoms with E-state index in [0.717, 1.165) is 18.9 Å². The molecule has 0 aromatic heterocycles. The summed E-state index contributed by atoms with van der Waals surface area (Å²) in [6.07, 6.45) is 3.92. The largest absolute Gasteiger partial charge is 0.345 e. The molecule has 3 heteroatoms. The van der Waals surface area contributed by atoms with E-state index in [0.29, 0.717) is 6.42 Å². The average Bonchev–Trinajstić information content (AvgIpc) is 2.82. The van der Waals surface area contributed by atoms with Gasteiger partial charge in [-0.25, -0.2) is 0 Å². The Kier molecular flexibility index (Phi) is 3.53. The number of hydrogen-bond acceptors (Lipinski definition) is 2. The molecule has 0 bridgehead atoms. The second kappa shape index (κ2) is 4.30. The zero-order valence-corrected chi connectivity index (χ0v) is 9.55. The first kappa shape index (κ1) is 11.5. The SMILES string of the molecule is CN(CC1CC1)C(=O)CCC(C)(C)N. The molecular weight excluding hydrogens is 176 g/mol. The Balaban J connectivity index is 2.19. The van der Waals surface area contributed by atoms with Crippen LogP contribution in [0, 0.1) is 5.92 Å². The quantitative estimate of drug-likeness (QED) is 0.725. The number of nitrogens with zero attached hydrogens (tertiary/aromatic N) is 1. The van der Waals surface area contributed by atoms with Crippen molar-refractivity contribution in [1.82, 2.24) is 4.90 Å². The van der Waals surface area contributed by atoms with E-state index in [4.69, 9.17) is 5.73 Å². The van der Waals surface area contributed by atoms with Crippen molar-refractivity contribution in [2.45, 2.75) is 45.1 Å². The van der Waals surface area contributed by atoms with E-state index in [1.807, 2.05) is 25.8 Å². The Morgan fingerprint density at radius 3 is 2.50 bits per heavy atom. The number of carbonyl (C=O) groups excluding carboxylic acids is 1. The fourth-order valence-electron chi connectivity index (χ4n) is 1.41. The van der Waals surface area contributed by atoms with Crippen LogP contribution in [-0.4, -0.2) is 29.9 Å². The maximum absolute atomic E-state index is 11.6. The molecule has 0 spiro atoms. The van der Waals surface area contributed by atoms with Gasteiger partial charge in [-0.1, -0.05) is 0 Å². The second-order valence-electron chi connectivity index (χ2n) is 5.21. The second-order valence-corrected chi connectivity index (χ2v) is 5.21. The molecule has 1 fully saturated rings. The lowest BCUT2D eigenvalue weighted by Gasteiger charge is -2.21. The number of carbonyl (C=O) groups is 1. The molecule has 0 aromatic rings. The molecule has 1 aliphatic rings. The number of amides is 1. The maximum Gasteiger partial charge on any atom is 0.222 e. The minimum atomic E-state index is -0.226. The average molecular weight is 198 g/mol. The Labute approximate surface area is 86.6 Å². The number of rotatable bonds is 5. The minimum Gasteiger partial charge on any atom is -0.345 e. The standard InChI is InChI=1S/C11H22N2O/c1-11(2,12)7-6-10(14)13(3)8-9-4-5-9/h9H,4-8,12H2,1-3H3. The highest BCUT2D eigenvalue weighted by Gasteiger charge is 2.25. The van der Waals surface area contributed by atoms with Gasteiger partial charge in [0.2, 0.25) is 5.91 Å². The van der Waals surface area contributed by atoms with E-state index in [9.17, 15) is 4.79 Å². The van der Waals surface area contributed by atoms with Crippen molar-refractivity contribution >= 4 is 5.91 Å². The highest BCUT2D eigenvalue weighted by molar-refractivity contribution is 5.75. The zero-order valence-electron chi connectivity index (χ0n) is 9.55. The number of nitrogens with two attached hydrogens (primary N) is 1. The van der Waals surface area contributed by atoms with Crippen LogP contribution in [0.1, 0.15) is 39.5 Å². The molecule has 14 heavy (non-hydrogen) atoms. The van der Waals surface area contributed by atoms with Gasteiger partial charge in [-0.05, 0) is 39.0 Å². The molecule has 82 valence electrons. The van der Waals surface area contributed by atoms with Crippen LogP contribution in [0.5, 0.6) is 0 Å². The first-order valence-electron chi connectivity index (χ1n) is 5.41. The third-order valence-electron chi connectivity index (χ3n) is 2.64. The van der Waals surface area contributed by atoms with Crippen LogP contribution >= 0.6 is 0 Å². The van der Waals surface area contributed by atoms with Crippen LogP contribution < -0.4 is 5.73 Å². The summed E-state index contributed by atoms with van der Waals surface area (Å²) < 4.78 is 0. The minimum absolute atomic E-state index is 0.226. The van der Waals surface area contributed by atoms with Gasteiger partial charge in [0.05, 0.1) is 0 Å². The van der Waals surface area contributed by atoms with Gasteiger partial charge < -0.3 is 10.6 Å². The molecule has 1 saturated carbocycles. The van der Waals surface area contributed by atoms with E-state index < -0.39 is 0 Å². The van der Waals surface area contributed by atoms with Gasteiger partial charge in [0, 0.05) is 25.6 Å².